The third-order valence-corrected chi connectivity index (χ3v) is 3.53. The molecule has 4 heteroatoms. The second kappa shape index (κ2) is 5.50. The number of rotatable bonds is 3. The van der Waals surface area contributed by atoms with Gasteiger partial charge in [0.25, 0.3) is 0 Å². The lowest BCUT2D eigenvalue weighted by Gasteiger charge is -2.21. The van der Waals surface area contributed by atoms with E-state index in [0.717, 1.165) is 6.54 Å². The number of nitrogens with zero attached hydrogens (tertiary/aromatic N) is 1. The molecular formula is C14H20N2O2. The molecule has 1 aliphatic heterocycles. The summed E-state index contributed by atoms with van der Waals surface area (Å²) >= 11 is 0. The van der Waals surface area contributed by atoms with Crippen LogP contribution in [0.4, 0.5) is 0 Å². The van der Waals surface area contributed by atoms with E-state index in [9.17, 15) is 9.90 Å². The first-order valence-corrected chi connectivity index (χ1v) is 6.31. The van der Waals surface area contributed by atoms with E-state index in [0.29, 0.717) is 6.54 Å². The highest BCUT2D eigenvalue weighted by atomic mass is 16.3. The number of aliphatic hydroxyl groups excluding tert-OH is 1. The SMILES string of the molecule is CC(=O)N[C@H]1CN(Cc2ccccc2)[C@@H](C)[C@@H]1O. The summed E-state index contributed by atoms with van der Waals surface area (Å²) in [7, 11) is 0. The molecule has 1 amide bonds. The van der Waals surface area contributed by atoms with Crippen LogP contribution in [0, 0.1) is 0 Å². The van der Waals surface area contributed by atoms with E-state index in [4.69, 9.17) is 0 Å². The molecule has 0 radical (unpaired) electrons. The van der Waals surface area contributed by atoms with E-state index in [2.05, 4.69) is 22.3 Å². The smallest absolute Gasteiger partial charge is 0.217 e. The van der Waals surface area contributed by atoms with Crippen LogP contribution in [0.2, 0.25) is 0 Å². The van der Waals surface area contributed by atoms with Crippen molar-refractivity contribution in [3.8, 4) is 0 Å². The summed E-state index contributed by atoms with van der Waals surface area (Å²) < 4.78 is 0. The fraction of sp³-hybridized carbons (Fsp3) is 0.500. The van der Waals surface area contributed by atoms with Crippen LogP contribution in [0.5, 0.6) is 0 Å². The van der Waals surface area contributed by atoms with E-state index >= 15 is 0 Å². The van der Waals surface area contributed by atoms with Crippen molar-refractivity contribution in [3.05, 3.63) is 35.9 Å². The summed E-state index contributed by atoms with van der Waals surface area (Å²) in [6.07, 6.45) is -0.502. The van der Waals surface area contributed by atoms with Gasteiger partial charge in [-0.05, 0) is 12.5 Å². The number of amides is 1. The molecule has 0 spiro atoms. The van der Waals surface area contributed by atoms with Gasteiger partial charge in [-0.1, -0.05) is 30.3 Å². The maximum Gasteiger partial charge on any atom is 0.217 e. The molecule has 1 aliphatic rings. The standard InChI is InChI=1S/C14H20N2O2/c1-10-14(18)13(15-11(2)17)9-16(10)8-12-6-4-3-5-7-12/h3-7,10,13-14,18H,8-9H2,1-2H3,(H,15,17)/t10-,13-,14-/m0/s1. The quantitative estimate of drug-likeness (QED) is 0.830. The predicted molar refractivity (Wildman–Crippen MR) is 69.9 cm³/mol. The van der Waals surface area contributed by atoms with Gasteiger partial charge in [-0.15, -0.1) is 0 Å². The molecule has 0 unspecified atom stereocenters. The molecule has 2 N–H and O–H groups in total. The van der Waals surface area contributed by atoms with Crippen LogP contribution < -0.4 is 5.32 Å². The molecule has 1 saturated heterocycles. The van der Waals surface area contributed by atoms with Gasteiger partial charge >= 0.3 is 0 Å². The van der Waals surface area contributed by atoms with Crippen molar-refractivity contribution in [1.82, 2.24) is 10.2 Å². The van der Waals surface area contributed by atoms with Gasteiger partial charge in [-0.25, -0.2) is 0 Å². The summed E-state index contributed by atoms with van der Waals surface area (Å²) in [6, 6.07) is 10.1. The molecule has 1 heterocycles. The number of carbonyl (C=O) groups is 1. The Morgan fingerprint density at radius 2 is 2.11 bits per heavy atom. The van der Waals surface area contributed by atoms with Crippen LogP contribution in [0.1, 0.15) is 19.4 Å². The van der Waals surface area contributed by atoms with Crippen molar-refractivity contribution in [2.75, 3.05) is 6.54 Å². The minimum atomic E-state index is -0.502. The number of carbonyl (C=O) groups excluding carboxylic acids is 1. The van der Waals surface area contributed by atoms with Gasteiger partial charge in [0, 0.05) is 26.1 Å². The summed E-state index contributed by atoms with van der Waals surface area (Å²) in [4.78, 5) is 13.3. The zero-order chi connectivity index (χ0) is 13.1. The lowest BCUT2D eigenvalue weighted by Crippen LogP contribution is -2.42. The highest BCUT2D eigenvalue weighted by Crippen LogP contribution is 2.20. The number of likely N-dealkylation sites (tertiary alicyclic amines) is 1. The largest absolute Gasteiger partial charge is 0.389 e. The fourth-order valence-electron chi connectivity index (χ4n) is 2.50. The Morgan fingerprint density at radius 3 is 2.72 bits per heavy atom. The van der Waals surface area contributed by atoms with Gasteiger partial charge in [0.05, 0.1) is 12.1 Å². The first-order chi connectivity index (χ1) is 8.58. The molecule has 1 aromatic rings. The summed E-state index contributed by atoms with van der Waals surface area (Å²) in [6.45, 7) is 4.97. The lowest BCUT2D eigenvalue weighted by molar-refractivity contribution is -0.120. The number of hydrogen-bond acceptors (Lipinski definition) is 3. The average Bonchev–Trinajstić information content (AvgIpc) is 2.58. The van der Waals surface area contributed by atoms with E-state index in [1.54, 1.807) is 0 Å². The van der Waals surface area contributed by atoms with Crippen molar-refractivity contribution in [1.29, 1.82) is 0 Å². The molecule has 0 aromatic heterocycles. The Hall–Kier alpha value is -1.39. The van der Waals surface area contributed by atoms with Gasteiger partial charge in [-0.3, -0.25) is 9.69 Å². The zero-order valence-electron chi connectivity index (χ0n) is 10.8. The third-order valence-electron chi connectivity index (χ3n) is 3.53. The molecule has 2 rings (SSSR count). The molecule has 0 saturated carbocycles. The summed E-state index contributed by atoms with van der Waals surface area (Å²) in [5, 5.41) is 12.9. The fourth-order valence-corrected chi connectivity index (χ4v) is 2.50. The van der Waals surface area contributed by atoms with E-state index in [1.165, 1.54) is 12.5 Å². The van der Waals surface area contributed by atoms with Crippen molar-refractivity contribution < 1.29 is 9.90 Å². The number of hydrogen-bond donors (Lipinski definition) is 2. The van der Waals surface area contributed by atoms with Gasteiger partial charge in [-0.2, -0.15) is 0 Å². The molecule has 0 bridgehead atoms. The highest BCUT2D eigenvalue weighted by Gasteiger charge is 2.38. The minimum Gasteiger partial charge on any atom is -0.389 e. The Bertz CT molecular complexity index is 408. The topological polar surface area (TPSA) is 52.6 Å². The molecule has 3 atom stereocenters. The van der Waals surface area contributed by atoms with E-state index in [1.807, 2.05) is 25.1 Å². The molecule has 98 valence electrons. The zero-order valence-corrected chi connectivity index (χ0v) is 10.8. The predicted octanol–water partition coefficient (Wildman–Crippen LogP) is 0.756. The van der Waals surface area contributed by atoms with Gasteiger partial charge < -0.3 is 10.4 Å². The first kappa shape index (κ1) is 13.1. The van der Waals surface area contributed by atoms with Crippen LogP contribution in [-0.4, -0.2) is 40.6 Å². The van der Waals surface area contributed by atoms with E-state index in [-0.39, 0.29) is 18.0 Å². The van der Waals surface area contributed by atoms with E-state index < -0.39 is 6.10 Å². The van der Waals surface area contributed by atoms with Crippen LogP contribution in [0.15, 0.2) is 30.3 Å². The molecule has 4 nitrogen and oxygen atoms in total. The second-order valence-corrected chi connectivity index (χ2v) is 4.95. The van der Waals surface area contributed by atoms with Crippen LogP contribution >= 0.6 is 0 Å². The number of aliphatic hydroxyl groups is 1. The summed E-state index contributed by atoms with van der Waals surface area (Å²) in [5.41, 5.74) is 1.22. The molecule has 18 heavy (non-hydrogen) atoms. The molecular weight excluding hydrogens is 228 g/mol. The Labute approximate surface area is 108 Å². The Kier molecular flexibility index (Phi) is 3.99. The maximum absolute atomic E-state index is 11.1. The van der Waals surface area contributed by atoms with Crippen LogP contribution in [0.3, 0.4) is 0 Å². The van der Waals surface area contributed by atoms with Crippen molar-refractivity contribution in [2.24, 2.45) is 0 Å². The van der Waals surface area contributed by atoms with Crippen molar-refractivity contribution in [2.45, 2.75) is 38.6 Å². The van der Waals surface area contributed by atoms with Gasteiger partial charge in [0.15, 0.2) is 0 Å². The monoisotopic (exact) mass is 248 g/mol. The Morgan fingerprint density at radius 1 is 1.44 bits per heavy atom. The maximum atomic E-state index is 11.1. The highest BCUT2D eigenvalue weighted by molar-refractivity contribution is 5.73. The number of nitrogens with one attached hydrogen (secondary N) is 1. The van der Waals surface area contributed by atoms with Gasteiger partial charge in [0.1, 0.15) is 0 Å². The summed E-state index contributed by atoms with van der Waals surface area (Å²) in [5.74, 6) is -0.0900. The first-order valence-electron chi connectivity index (χ1n) is 6.31. The molecule has 0 aliphatic carbocycles. The van der Waals surface area contributed by atoms with Crippen molar-refractivity contribution >= 4 is 5.91 Å². The third kappa shape index (κ3) is 2.89. The molecule has 1 fully saturated rings. The average molecular weight is 248 g/mol. The lowest BCUT2D eigenvalue weighted by atomic mass is 10.1. The van der Waals surface area contributed by atoms with Crippen LogP contribution in [0.25, 0.3) is 0 Å². The minimum absolute atomic E-state index is 0.0575. The van der Waals surface area contributed by atoms with Crippen LogP contribution in [-0.2, 0) is 11.3 Å². The van der Waals surface area contributed by atoms with Crippen molar-refractivity contribution in [3.63, 3.8) is 0 Å². The number of benzene rings is 1. The Balaban J connectivity index is 2.00. The van der Waals surface area contributed by atoms with Gasteiger partial charge in [0.2, 0.25) is 5.91 Å². The second-order valence-electron chi connectivity index (χ2n) is 4.95. The molecule has 1 aromatic carbocycles. The normalized spacial score (nSPS) is 28.3.